The fraction of sp³-hybridized carbons (Fsp3) is 0.200. The molecule has 3 N–H and O–H groups in total. The predicted octanol–water partition coefficient (Wildman–Crippen LogP) is -1.51. The van der Waals surface area contributed by atoms with Gasteiger partial charge in [0, 0.05) is 5.56 Å². The molecule has 0 fully saturated rings. The highest BCUT2D eigenvalue weighted by atomic mass is 31.2. The van der Waals surface area contributed by atoms with E-state index in [2.05, 4.69) is 4.62 Å². The molecule has 0 amide bonds. The van der Waals surface area contributed by atoms with Gasteiger partial charge in [-0.25, -0.2) is 4.79 Å². The Morgan fingerprint density at radius 3 is 2.69 bits per heavy atom. The van der Waals surface area contributed by atoms with Gasteiger partial charge in [0.15, 0.2) is 0 Å². The first-order valence-corrected chi connectivity index (χ1v) is 4.36. The average molecular weight is 206 g/mol. The quantitative estimate of drug-likeness (QED) is 0.510. The molecule has 0 aliphatic rings. The van der Waals surface area contributed by atoms with Gasteiger partial charge in [0.05, 0.1) is 6.20 Å². The van der Waals surface area contributed by atoms with Crippen LogP contribution in [0.2, 0.25) is 0 Å². The van der Waals surface area contributed by atoms with Gasteiger partial charge < -0.3 is 14.4 Å². The molecule has 1 heterocycles. The molecule has 7 nitrogen and oxygen atoms in total. The van der Waals surface area contributed by atoms with E-state index in [0.717, 1.165) is 6.20 Å². The molecule has 0 radical (unpaired) electrons. The van der Waals surface area contributed by atoms with Crippen molar-refractivity contribution < 1.29 is 14.4 Å². The minimum atomic E-state index is -2.67. The summed E-state index contributed by atoms with van der Waals surface area (Å²) in [5.41, 5.74) is -1.16. The molecule has 0 aliphatic heterocycles. The monoisotopic (exact) mass is 206 g/mol. The minimum absolute atomic E-state index is 0.233. The summed E-state index contributed by atoms with van der Waals surface area (Å²) < 4.78 is 4.85. The zero-order chi connectivity index (χ0) is 10.0. The van der Waals surface area contributed by atoms with Gasteiger partial charge in [0.1, 0.15) is 0 Å². The van der Waals surface area contributed by atoms with Crippen LogP contribution in [0.15, 0.2) is 15.8 Å². The maximum absolute atomic E-state index is 10.9. The summed E-state index contributed by atoms with van der Waals surface area (Å²) in [5, 5.41) is 0. The zero-order valence-electron chi connectivity index (χ0n) is 6.59. The van der Waals surface area contributed by atoms with E-state index in [1.807, 2.05) is 4.98 Å². The molecule has 0 aromatic carbocycles. The number of nitrogens with one attached hydrogen (secondary N) is 1. The van der Waals surface area contributed by atoms with Gasteiger partial charge in [0.2, 0.25) is 0 Å². The van der Waals surface area contributed by atoms with Gasteiger partial charge in [0.25, 0.3) is 5.56 Å². The predicted molar refractivity (Wildman–Crippen MR) is 44.0 cm³/mol. The Labute approximate surface area is 73.2 Å². The summed E-state index contributed by atoms with van der Waals surface area (Å²) in [5.74, 6) is 0. The smallest absolute Gasteiger partial charge is 0.330 e. The largest absolute Gasteiger partial charge is 0.412 e. The SMILES string of the molecule is Cc1cn(OP(O)O)c(=O)[nH]c1=O. The van der Waals surface area contributed by atoms with Crippen LogP contribution in [-0.4, -0.2) is 19.5 Å². The van der Waals surface area contributed by atoms with Crippen molar-refractivity contribution in [2.24, 2.45) is 0 Å². The van der Waals surface area contributed by atoms with Crippen LogP contribution in [0.25, 0.3) is 0 Å². The van der Waals surface area contributed by atoms with Gasteiger partial charge in [-0.05, 0) is 6.92 Å². The second-order valence-corrected chi connectivity index (χ2v) is 2.90. The number of H-pyrrole nitrogens is 1. The highest BCUT2D eigenvalue weighted by molar-refractivity contribution is 7.39. The zero-order valence-corrected chi connectivity index (χ0v) is 7.49. The van der Waals surface area contributed by atoms with E-state index in [-0.39, 0.29) is 5.56 Å². The highest BCUT2D eigenvalue weighted by Gasteiger charge is 2.05. The summed E-state index contributed by atoms with van der Waals surface area (Å²) in [4.78, 5) is 40.5. The van der Waals surface area contributed by atoms with Crippen LogP contribution in [0.5, 0.6) is 0 Å². The molecule has 0 atom stereocenters. The van der Waals surface area contributed by atoms with Crippen LogP contribution >= 0.6 is 8.60 Å². The fourth-order valence-electron chi connectivity index (χ4n) is 0.683. The molecule has 0 bridgehead atoms. The molecule has 0 saturated heterocycles. The molecule has 1 rings (SSSR count). The van der Waals surface area contributed by atoms with Crippen LogP contribution in [0, 0.1) is 6.92 Å². The number of hydrogen-bond donors (Lipinski definition) is 3. The number of rotatable bonds is 2. The van der Waals surface area contributed by atoms with Crippen molar-refractivity contribution >= 4 is 8.60 Å². The minimum Gasteiger partial charge on any atom is -0.330 e. The second kappa shape index (κ2) is 3.69. The molecular weight excluding hydrogens is 199 g/mol. The van der Waals surface area contributed by atoms with Crippen molar-refractivity contribution in [3.05, 3.63) is 32.6 Å². The van der Waals surface area contributed by atoms with E-state index >= 15 is 0 Å². The van der Waals surface area contributed by atoms with Crippen LogP contribution < -0.4 is 15.9 Å². The Morgan fingerprint density at radius 2 is 2.15 bits per heavy atom. The summed E-state index contributed by atoms with van der Waals surface area (Å²) in [6, 6.07) is 0. The first-order valence-electron chi connectivity index (χ1n) is 3.19. The van der Waals surface area contributed by atoms with E-state index in [1.165, 1.54) is 6.92 Å². The third kappa shape index (κ3) is 2.38. The third-order valence-electron chi connectivity index (χ3n) is 1.25. The van der Waals surface area contributed by atoms with Gasteiger partial charge in [-0.15, -0.1) is 4.73 Å². The van der Waals surface area contributed by atoms with Crippen molar-refractivity contribution in [1.82, 2.24) is 9.71 Å². The van der Waals surface area contributed by atoms with Crippen LogP contribution in [0.3, 0.4) is 0 Å². The van der Waals surface area contributed by atoms with Crippen LogP contribution in [0.4, 0.5) is 0 Å². The van der Waals surface area contributed by atoms with Crippen molar-refractivity contribution in [3.63, 3.8) is 0 Å². The molecule has 8 heteroatoms. The lowest BCUT2D eigenvalue weighted by atomic mass is 10.4. The standard InChI is InChI=1S/C5H7N2O5P/c1-3-2-7(12-13(10)11)5(9)6-4(3)8/h2,10-11H,1H3,(H,6,8,9). The molecule has 0 spiro atoms. The molecular formula is C5H7N2O5P. The van der Waals surface area contributed by atoms with Crippen molar-refractivity contribution in [2.75, 3.05) is 0 Å². The van der Waals surface area contributed by atoms with E-state index in [9.17, 15) is 9.59 Å². The lowest BCUT2D eigenvalue weighted by Gasteiger charge is -2.06. The molecule has 13 heavy (non-hydrogen) atoms. The number of aromatic nitrogens is 2. The number of hydrogen-bond acceptors (Lipinski definition) is 5. The van der Waals surface area contributed by atoms with E-state index < -0.39 is 19.9 Å². The third-order valence-corrected chi connectivity index (χ3v) is 1.57. The van der Waals surface area contributed by atoms with E-state index in [1.54, 1.807) is 0 Å². The molecule has 72 valence electrons. The highest BCUT2D eigenvalue weighted by Crippen LogP contribution is 2.17. The summed E-state index contributed by atoms with van der Waals surface area (Å²) in [7, 11) is -2.67. The lowest BCUT2D eigenvalue weighted by molar-refractivity contribution is 0.213. The molecule has 0 saturated carbocycles. The number of aryl methyl sites for hydroxylation is 1. The first kappa shape index (κ1) is 9.91. The van der Waals surface area contributed by atoms with Crippen LogP contribution in [-0.2, 0) is 0 Å². The molecule has 0 unspecified atom stereocenters. The Hall–Kier alpha value is -1.17. The Bertz CT molecular complexity index is 408. The van der Waals surface area contributed by atoms with Crippen molar-refractivity contribution in [1.29, 1.82) is 0 Å². The summed E-state index contributed by atoms with van der Waals surface area (Å²) in [6.07, 6.45) is 1.07. The van der Waals surface area contributed by atoms with E-state index in [0.29, 0.717) is 4.73 Å². The summed E-state index contributed by atoms with van der Waals surface area (Å²) in [6.45, 7) is 1.45. The van der Waals surface area contributed by atoms with Crippen LogP contribution in [0.1, 0.15) is 5.56 Å². The Morgan fingerprint density at radius 1 is 1.54 bits per heavy atom. The molecule has 0 aliphatic carbocycles. The first-order chi connectivity index (χ1) is 6.00. The number of nitrogens with zero attached hydrogens (tertiary/aromatic N) is 1. The Kier molecular flexibility index (Phi) is 2.82. The normalized spacial score (nSPS) is 10.5. The van der Waals surface area contributed by atoms with Gasteiger partial charge in [-0.2, -0.15) is 0 Å². The topological polar surface area (TPSA) is 105 Å². The van der Waals surface area contributed by atoms with E-state index in [4.69, 9.17) is 9.79 Å². The number of aromatic amines is 1. The average Bonchev–Trinajstić information content (AvgIpc) is 1.99. The van der Waals surface area contributed by atoms with Gasteiger partial charge in [-0.3, -0.25) is 9.78 Å². The molecule has 1 aromatic rings. The lowest BCUT2D eigenvalue weighted by Crippen LogP contribution is -2.33. The Balaban J connectivity index is 3.17. The fourth-order valence-corrected chi connectivity index (χ4v) is 0.962. The molecule has 1 aromatic heterocycles. The van der Waals surface area contributed by atoms with Crippen molar-refractivity contribution in [2.45, 2.75) is 6.92 Å². The van der Waals surface area contributed by atoms with Gasteiger partial charge in [-0.1, -0.05) is 0 Å². The maximum Gasteiger partial charge on any atom is 0.412 e. The van der Waals surface area contributed by atoms with Gasteiger partial charge >= 0.3 is 14.3 Å². The maximum atomic E-state index is 10.9. The second-order valence-electron chi connectivity index (χ2n) is 2.23. The van der Waals surface area contributed by atoms with Crippen molar-refractivity contribution in [3.8, 4) is 0 Å². The summed E-state index contributed by atoms with van der Waals surface area (Å²) >= 11 is 0.